The normalized spacial score (nSPS) is 21.6. The monoisotopic (exact) mass is 331 g/mol. The molecule has 0 saturated heterocycles. The highest BCUT2D eigenvalue weighted by Crippen LogP contribution is 2.43. The van der Waals surface area contributed by atoms with Gasteiger partial charge in [-0.05, 0) is 37.2 Å². The van der Waals surface area contributed by atoms with Crippen LogP contribution >= 0.6 is 11.5 Å². The number of anilines is 2. The largest absolute Gasteiger partial charge is 0.388 e. The first kappa shape index (κ1) is 15.1. The standard InChI is InChI=1S/C13H21N3O3S2/c1-16(8-13(17)6-2-3-7-13)12-10(11(14)15-20-12)21(18,19)9-4-5-9/h9,17H,2-8H2,1H3,(H2,14,15). The number of nitrogens with zero attached hydrogens (tertiary/aromatic N) is 2. The van der Waals surface area contributed by atoms with Crippen LogP contribution in [0, 0.1) is 0 Å². The van der Waals surface area contributed by atoms with Crippen LogP contribution in [0.25, 0.3) is 0 Å². The zero-order valence-electron chi connectivity index (χ0n) is 12.1. The smallest absolute Gasteiger partial charge is 0.187 e. The van der Waals surface area contributed by atoms with Crippen LogP contribution in [0.1, 0.15) is 38.5 Å². The molecule has 0 amide bonds. The second-order valence-corrected chi connectivity index (χ2v) is 9.15. The quantitative estimate of drug-likeness (QED) is 0.846. The molecule has 0 radical (unpaired) electrons. The van der Waals surface area contributed by atoms with E-state index in [0.29, 0.717) is 24.4 Å². The summed E-state index contributed by atoms with van der Waals surface area (Å²) in [6.45, 7) is 0.418. The van der Waals surface area contributed by atoms with Crippen molar-refractivity contribution in [1.82, 2.24) is 4.37 Å². The van der Waals surface area contributed by atoms with Crippen molar-refractivity contribution in [1.29, 1.82) is 0 Å². The maximum Gasteiger partial charge on any atom is 0.187 e. The highest BCUT2D eigenvalue weighted by Gasteiger charge is 2.42. The molecule has 0 aliphatic heterocycles. The second kappa shape index (κ2) is 5.10. The topological polar surface area (TPSA) is 96.5 Å². The lowest BCUT2D eigenvalue weighted by atomic mass is 10.0. The number of nitrogen functional groups attached to an aromatic ring is 1. The van der Waals surface area contributed by atoms with Crippen LogP contribution in [0.15, 0.2) is 4.90 Å². The van der Waals surface area contributed by atoms with Gasteiger partial charge >= 0.3 is 0 Å². The summed E-state index contributed by atoms with van der Waals surface area (Å²) < 4.78 is 29.1. The van der Waals surface area contributed by atoms with Crippen molar-refractivity contribution in [3.63, 3.8) is 0 Å². The maximum absolute atomic E-state index is 12.5. The zero-order chi connectivity index (χ0) is 15.3. The third kappa shape index (κ3) is 2.76. The number of sulfone groups is 1. The van der Waals surface area contributed by atoms with Crippen LogP contribution in [0.3, 0.4) is 0 Å². The molecule has 1 heterocycles. The fraction of sp³-hybridized carbons (Fsp3) is 0.769. The molecule has 2 fully saturated rings. The van der Waals surface area contributed by atoms with Crippen molar-refractivity contribution in [3.05, 3.63) is 0 Å². The van der Waals surface area contributed by atoms with Gasteiger partial charge in [0.15, 0.2) is 15.7 Å². The number of hydrogen-bond donors (Lipinski definition) is 2. The zero-order valence-corrected chi connectivity index (χ0v) is 13.7. The first-order valence-electron chi connectivity index (χ1n) is 7.26. The van der Waals surface area contributed by atoms with Gasteiger partial charge in [-0.2, -0.15) is 4.37 Å². The SMILES string of the molecule is CN(CC1(O)CCCC1)c1snc(N)c1S(=O)(=O)C1CC1. The molecular formula is C13H21N3O3S2. The lowest BCUT2D eigenvalue weighted by Gasteiger charge is -2.29. The molecule has 0 spiro atoms. The number of aromatic nitrogens is 1. The van der Waals surface area contributed by atoms with Crippen molar-refractivity contribution in [2.24, 2.45) is 0 Å². The molecule has 3 rings (SSSR count). The Morgan fingerprint density at radius 1 is 1.43 bits per heavy atom. The Morgan fingerprint density at radius 3 is 2.62 bits per heavy atom. The molecule has 6 nitrogen and oxygen atoms in total. The van der Waals surface area contributed by atoms with E-state index < -0.39 is 15.4 Å². The minimum absolute atomic E-state index is 0.0900. The summed E-state index contributed by atoms with van der Waals surface area (Å²) in [4.78, 5) is 1.97. The van der Waals surface area contributed by atoms with E-state index in [1.165, 1.54) is 0 Å². The van der Waals surface area contributed by atoms with E-state index in [2.05, 4.69) is 4.37 Å². The Kier molecular flexibility index (Phi) is 3.66. The molecule has 2 aliphatic carbocycles. The van der Waals surface area contributed by atoms with E-state index in [9.17, 15) is 13.5 Å². The Bertz CT molecular complexity index is 631. The average Bonchev–Trinajstić information content (AvgIpc) is 3.08. The fourth-order valence-corrected chi connectivity index (χ4v) is 6.06. The summed E-state index contributed by atoms with van der Waals surface area (Å²) in [5.74, 6) is 0.0900. The van der Waals surface area contributed by atoms with E-state index in [4.69, 9.17) is 5.73 Å². The van der Waals surface area contributed by atoms with Gasteiger partial charge < -0.3 is 15.7 Å². The summed E-state index contributed by atoms with van der Waals surface area (Å²) in [7, 11) is -1.58. The number of likely N-dealkylation sites (N-methyl/N-ethyl adjacent to an activating group) is 1. The number of rotatable bonds is 5. The molecule has 1 aromatic heterocycles. The molecule has 2 aliphatic rings. The second-order valence-electron chi connectivity index (χ2n) is 6.23. The van der Waals surface area contributed by atoms with Gasteiger partial charge in [0, 0.05) is 13.6 Å². The van der Waals surface area contributed by atoms with Gasteiger partial charge in [-0.1, -0.05) is 12.8 Å². The molecule has 0 bridgehead atoms. The van der Waals surface area contributed by atoms with E-state index in [1.807, 2.05) is 0 Å². The van der Waals surface area contributed by atoms with Gasteiger partial charge in [0.05, 0.1) is 10.9 Å². The Morgan fingerprint density at radius 2 is 2.05 bits per heavy atom. The van der Waals surface area contributed by atoms with Crippen molar-refractivity contribution >= 4 is 32.2 Å². The van der Waals surface area contributed by atoms with E-state index >= 15 is 0 Å². The first-order valence-corrected chi connectivity index (χ1v) is 9.58. The van der Waals surface area contributed by atoms with E-state index in [0.717, 1.165) is 37.2 Å². The van der Waals surface area contributed by atoms with Crippen LogP contribution in [0.4, 0.5) is 10.8 Å². The van der Waals surface area contributed by atoms with Crippen molar-refractivity contribution in [3.8, 4) is 0 Å². The lowest BCUT2D eigenvalue weighted by Crippen LogP contribution is -2.39. The minimum Gasteiger partial charge on any atom is -0.388 e. The van der Waals surface area contributed by atoms with Crippen LogP contribution < -0.4 is 10.6 Å². The van der Waals surface area contributed by atoms with E-state index in [1.54, 1.807) is 11.9 Å². The molecule has 0 atom stereocenters. The van der Waals surface area contributed by atoms with Gasteiger partial charge in [-0.3, -0.25) is 0 Å². The van der Waals surface area contributed by atoms with Crippen molar-refractivity contribution < 1.29 is 13.5 Å². The van der Waals surface area contributed by atoms with Crippen LogP contribution in [-0.2, 0) is 9.84 Å². The predicted octanol–water partition coefficient (Wildman–Crippen LogP) is 1.40. The van der Waals surface area contributed by atoms with Crippen LogP contribution in [-0.4, -0.2) is 42.3 Å². The summed E-state index contributed by atoms with van der Waals surface area (Å²) >= 11 is 1.10. The Balaban J connectivity index is 1.89. The van der Waals surface area contributed by atoms with Crippen LogP contribution in [0.5, 0.6) is 0 Å². The average molecular weight is 331 g/mol. The Labute approximate surface area is 129 Å². The summed E-state index contributed by atoms with van der Waals surface area (Å²) in [6, 6.07) is 0. The molecule has 118 valence electrons. The van der Waals surface area contributed by atoms with Crippen LogP contribution in [0.2, 0.25) is 0 Å². The predicted molar refractivity (Wildman–Crippen MR) is 83.4 cm³/mol. The molecule has 8 heteroatoms. The molecule has 21 heavy (non-hydrogen) atoms. The summed E-state index contributed by atoms with van der Waals surface area (Å²) in [5, 5.41) is 10.8. The number of hydrogen-bond acceptors (Lipinski definition) is 7. The van der Waals surface area contributed by atoms with Crippen molar-refractivity contribution in [2.75, 3.05) is 24.2 Å². The van der Waals surface area contributed by atoms with Gasteiger partial charge in [0.25, 0.3) is 0 Å². The fourth-order valence-electron chi connectivity index (χ4n) is 3.04. The first-order chi connectivity index (χ1) is 9.83. The summed E-state index contributed by atoms with van der Waals surface area (Å²) in [6.07, 6.45) is 4.95. The van der Waals surface area contributed by atoms with Gasteiger partial charge in [-0.15, -0.1) is 0 Å². The molecular weight excluding hydrogens is 310 g/mol. The summed E-state index contributed by atoms with van der Waals surface area (Å²) in [5.41, 5.74) is 5.07. The molecule has 2 saturated carbocycles. The van der Waals surface area contributed by atoms with E-state index in [-0.39, 0.29) is 16.0 Å². The molecule has 1 aromatic rings. The van der Waals surface area contributed by atoms with Gasteiger partial charge in [0.1, 0.15) is 9.90 Å². The molecule has 0 unspecified atom stereocenters. The Hall–Kier alpha value is -0.860. The van der Waals surface area contributed by atoms with Gasteiger partial charge in [-0.25, -0.2) is 8.42 Å². The number of nitrogens with two attached hydrogens (primary N) is 1. The van der Waals surface area contributed by atoms with Crippen molar-refractivity contribution in [2.45, 2.75) is 54.3 Å². The highest BCUT2D eigenvalue weighted by molar-refractivity contribution is 7.92. The third-order valence-electron chi connectivity index (χ3n) is 4.32. The molecule has 0 aromatic carbocycles. The molecule has 3 N–H and O–H groups in total. The van der Waals surface area contributed by atoms with Gasteiger partial charge in [0.2, 0.25) is 0 Å². The maximum atomic E-state index is 12.5. The highest BCUT2D eigenvalue weighted by atomic mass is 32.2. The minimum atomic E-state index is -3.38. The number of aliphatic hydroxyl groups is 1. The lowest BCUT2D eigenvalue weighted by molar-refractivity contribution is 0.0560. The third-order valence-corrected chi connectivity index (χ3v) is 7.74.